The van der Waals surface area contributed by atoms with E-state index in [0.29, 0.717) is 33.3 Å². The van der Waals surface area contributed by atoms with Crippen LogP contribution in [0.15, 0.2) is 60.2 Å². The van der Waals surface area contributed by atoms with Crippen LogP contribution in [0.4, 0.5) is 0 Å². The highest BCUT2D eigenvalue weighted by Gasteiger charge is 2.23. The van der Waals surface area contributed by atoms with Gasteiger partial charge in [0.2, 0.25) is 0 Å². The minimum absolute atomic E-state index is 0.436. The van der Waals surface area contributed by atoms with E-state index in [1.165, 1.54) is 20.3 Å². The third-order valence-electron chi connectivity index (χ3n) is 5.22. The molecule has 0 bridgehead atoms. The van der Waals surface area contributed by atoms with Crippen LogP contribution in [-0.4, -0.2) is 37.0 Å². The van der Waals surface area contributed by atoms with Crippen LogP contribution in [0.5, 0.6) is 11.5 Å². The number of carbonyl (C=O) groups excluding carboxylic acids is 1. The Labute approximate surface area is 204 Å². The number of aliphatic hydroxyl groups excluding tert-OH is 1. The molecule has 1 unspecified atom stereocenters. The van der Waals surface area contributed by atoms with Crippen molar-refractivity contribution in [3.63, 3.8) is 0 Å². The second kappa shape index (κ2) is 11.1. The van der Waals surface area contributed by atoms with E-state index in [2.05, 4.69) is 0 Å². The molecule has 1 aromatic heterocycles. The summed E-state index contributed by atoms with van der Waals surface area (Å²) in [6.07, 6.45) is 3.98. The quantitative estimate of drug-likeness (QED) is 0.323. The van der Waals surface area contributed by atoms with Crippen LogP contribution in [0.3, 0.4) is 0 Å². The molecule has 0 amide bonds. The average molecular weight is 482 g/mol. The van der Waals surface area contributed by atoms with Crippen LogP contribution >= 0.6 is 11.6 Å². The molecular weight excluding hydrogens is 454 g/mol. The number of allylic oxidation sites excluding steroid dienone is 1. The molecule has 0 saturated carbocycles. The number of esters is 1. The molecule has 1 N–H and O–H groups in total. The van der Waals surface area contributed by atoms with E-state index in [1.54, 1.807) is 43.5 Å². The minimum Gasteiger partial charge on any atom is -0.493 e. The lowest BCUT2D eigenvalue weighted by atomic mass is 9.98. The van der Waals surface area contributed by atoms with Crippen LogP contribution in [0.1, 0.15) is 42.5 Å². The number of halogens is 1. The van der Waals surface area contributed by atoms with Crippen LogP contribution in [0, 0.1) is 0 Å². The molecule has 0 aliphatic carbocycles. The molecule has 1 heterocycles. The maximum Gasteiger partial charge on any atom is 0.330 e. The Morgan fingerprint density at radius 1 is 1.00 bits per heavy atom. The molecule has 1 atom stereocenters. The van der Waals surface area contributed by atoms with Gasteiger partial charge in [0, 0.05) is 33.6 Å². The Morgan fingerprint density at radius 2 is 1.74 bits per heavy atom. The van der Waals surface area contributed by atoms with Crippen molar-refractivity contribution in [2.24, 2.45) is 0 Å². The zero-order valence-electron chi connectivity index (χ0n) is 19.8. The van der Waals surface area contributed by atoms with Gasteiger partial charge in [0.05, 0.1) is 27.0 Å². The molecule has 0 aliphatic rings. The van der Waals surface area contributed by atoms with Crippen LogP contribution in [0.2, 0.25) is 5.02 Å². The average Bonchev–Trinajstić information content (AvgIpc) is 3.22. The van der Waals surface area contributed by atoms with Gasteiger partial charge in [-0.2, -0.15) is 0 Å². The Morgan fingerprint density at radius 3 is 2.38 bits per heavy atom. The van der Waals surface area contributed by atoms with E-state index < -0.39 is 12.1 Å². The molecule has 3 aromatic rings. The molecule has 0 radical (unpaired) electrons. The fourth-order valence-electron chi connectivity index (χ4n) is 3.75. The number of aliphatic hydroxyl groups is 1. The zero-order chi connectivity index (χ0) is 24.8. The van der Waals surface area contributed by atoms with Crippen molar-refractivity contribution in [2.45, 2.75) is 20.0 Å². The molecule has 3 rings (SSSR count). The van der Waals surface area contributed by atoms with Gasteiger partial charge in [0.25, 0.3) is 0 Å². The summed E-state index contributed by atoms with van der Waals surface area (Å²) in [7, 11) is 4.40. The highest BCUT2D eigenvalue weighted by atomic mass is 35.5. The number of methoxy groups -OCH3 is 3. The fourth-order valence-corrected chi connectivity index (χ4v) is 3.93. The summed E-state index contributed by atoms with van der Waals surface area (Å²) in [5.74, 6) is 0.482. The summed E-state index contributed by atoms with van der Waals surface area (Å²) in [5, 5.41) is 12.0. The summed E-state index contributed by atoms with van der Waals surface area (Å²) in [6, 6.07) is 14.5. The van der Waals surface area contributed by atoms with E-state index in [9.17, 15) is 9.90 Å². The first-order valence-electron chi connectivity index (χ1n) is 10.6. The standard InChI is InChI=1S/C27H28ClNO5/c1-17(2)15-20-11-10-19(12-14-25(30)33-4)29(20)23-13-9-18(28)16-22(23)26(31)21-7-6-8-24(32-3)27(21)34-5/h6-16,26,31H,1-5H3/b14-12+. The summed E-state index contributed by atoms with van der Waals surface area (Å²) in [6.45, 7) is 4.00. The number of hydrogen-bond acceptors (Lipinski definition) is 5. The predicted octanol–water partition coefficient (Wildman–Crippen LogP) is 5.84. The number of benzene rings is 2. The smallest absolute Gasteiger partial charge is 0.330 e. The van der Waals surface area contributed by atoms with E-state index in [-0.39, 0.29) is 0 Å². The van der Waals surface area contributed by atoms with Crippen LogP contribution in [0.25, 0.3) is 17.8 Å². The van der Waals surface area contributed by atoms with Gasteiger partial charge in [0.15, 0.2) is 11.5 Å². The SMILES string of the molecule is COC(=O)/C=C/c1ccc(C=C(C)C)n1-c1ccc(Cl)cc1C(O)c1cccc(OC)c1OC. The van der Waals surface area contributed by atoms with Crippen molar-refractivity contribution in [1.82, 2.24) is 4.57 Å². The molecule has 0 spiro atoms. The predicted molar refractivity (Wildman–Crippen MR) is 135 cm³/mol. The van der Waals surface area contributed by atoms with Gasteiger partial charge in [-0.3, -0.25) is 0 Å². The monoisotopic (exact) mass is 481 g/mol. The number of para-hydroxylation sites is 1. The van der Waals surface area contributed by atoms with Crippen LogP contribution < -0.4 is 9.47 Å². The fraction of sp³-hybridized carbons (Fsp3) is 0.222. The second-order valence-electron chi connectivity index (χ2n) is 7.79. The van der Waals surface area contributed by atoms with Gasteiger partial charge < -0.3 is 23.9 Å². The maximum atomic E-state index is 11.7. The molecule has 34 heavy (non-hydrogen) atoms. The lowest BCUT2D eigenvalue weighted by molar-refractivity contribution is -0.134. The van der Waals surface area contributed by atoms with Crippen molar-refractivity contribution in [3.05, 3.63) is 87.7 Å². The van der Waals surface area contributed by atoms with Gasteiger partial charge >= 0.3 is 5.97 Å². The van der Waals surface area contributed by atoms with Crippen molar-refractivity contribution in [3.8, 4) is 17.2 Å². The van der Waals surface area contributed by atoms with Gasteiger partial charge in [-0.15, -0.1) is 0 Å². The molecule has 7 heteroatoms. The lowest BCUT2D eigenvalue weighted by Gasteiger charge is -2.22. The molecule has 178 valence electrons. The molecule has 2 aromatic carbocycles. The summed E-state index contributed by atoms with van der Waals surface area (Å²) >= 11 is 6.36. The lowest BCUT2D eigenvalue weighted by Crippen LogP contribution is -2.10. The highest BCUT2D eigenvalue weighted by molar-refractivity contribution is 6.30. The van der Waals surface area contributed by atoms with E-state index in [4.69, 9.17) is 25.8 Å². The summed E-state index contributed by atoms with van der Waals surface area (Å²) in [4.78, 5) is 11.7. The van der Waals surface area contributed by atoms with E-state index in [0.717, 1.165) is 17.0 Å². The van der Waals surface area contributed by atoms with Gasteiger partial charge in [-0.05, 0) is 62.4 Å². The van der Waals surface area contributed by atoms with Crippen LogP contribution in [-0.2, 0) is 9.53 Å². The Kier molecular flexibility index (Phi) is 8.21. The van der Waals surface area contributed by atoms with Crippen molar-refractivity contribution >= 4 is 29.7 Å². The number of nitrogens with zero attached hydrogens (tertiary/aromatic N) is 1. The zero-order valence-corrected chi connectivity index (χ0v) is 20.6. The number of carbonyl (C=O) groups is 1. The first-order chi connectivity index (χ1) is 16.3. The Bertz CT molecular complexity index is 1240. The first kappa shape index (κ1) is 25.1. The highest BCUT2D eigenvalue weighted by Crippen LogP contribution is 2.40. The normalized spacial score (nSPS) is 11.9. The topological polar surface area (TPSA) is 69.9 Å². The van der Waals surface area contributed by atoms with E-state index in [1.807, 2.05) is 42.7 Å². The summed E-state index contributed by atoms with van der Waals surface area (Å²) in [5.41, 5.74) is 4.49. The van der Waals surface area contributed by atoms with E-state index >= 15 is 0 Å². The molecule has 0 aliphatic heterocycles. The second-order valence-corrected chi connectivity index (χ2v) is 8.22. The molecular formula is C27H28ClNO5. The molecule has 0 fully saturated rings. The maximum absolute atomic E-state index is 11.7. The first-order valence-corrected chi connectivity index (χ1v) is 11.0. The third-order valence-corrected chi connectivity index (χ3v) is 5.46. The Balaban J connectivity index is 2.26. The largest absolute Gasteiger partial charge is 0.493 e. The summed E-state index contributed by atoms with van der Waals surface area (Å²) < 4.78 is 17.7. The van der Waals surface area contributed by atoms with Gasteiger partial charge in [0.1, 0.15) is 6.10 Å². The van der Waals surface area contributed by atoms with Gasteiger partial charge in [-0.1, -0.05) is 29.3 Å². The number of aromatic nitrogens is 1. The molecule has 0 saturated heterocycles. The van der Waals surface area contributed by atoms with Gasteiger partial charge in [-0.25, -0.2) is 4.79 Å². The number of rotatable bonds is 8. The molecule has 6 nitrogen and oxygen atoms in total. The minimum atomic E-state index is -1.07. The van der Waals surface area contributed by atoms with Crippen molar-refractivity contribution < 1.29 is 24.1 Å². The number of hydrogen-bond donors (Lipinski definition) is 1. The van der Waals surface area contributed by atoms with Crippen molar-refractivity contribution in [2.75, 3.05) is 21.3 Å². The Hall–Kier alpha value is -3.48. The third kappa shape index (κ3) is 5.35. The number of ether oxygens (including phenoxy) is 3. The van der Waals surface area contributed by atoms with Crippen molar-refractivity contribution in [1.29, 1.82) is 0 Å².